The Kier molecular flexibility index (Phi) is 7.08. The maximum Gasteiger partial charge on any atom is 0.535 e. The van der Waals surface area contributed by atoms with Crippen LogP contribution in [0.5, 0.6) is 11.5 Å². The number of halogens is 4. The molecule has 0 fully saturated rings. The van der Waals surface area contributed by atoms with Gasteiger partial charge in [0, 0.05) is 19.6 Å². The number of hydrogen-bond acceptors (Lipinski definition) is 8. The molecule has 0 aliphatic carbocycles. The summed E-state index contributed by atoms with van der Waals surface area (Å²) in [5, 5.41) is 23.5. The van der Waals surface area contributed by atoms with Gasteiger partial charge in [0.1, 0.15) is 16.4 Å². The number of esters is 1. The van der Waals surface area contributed by atoms with Crippen LogP contribution in [0, 0.1) is 10.1 Å². The summed E-state index contributed by atoms with van der Waals surface area (Å²) in [6.07, 6.45) is -4.60. The maximum absolute atomic E-state index is 12.8. The van der Waals surface area contributed by atoms with Crippen molar-refractivity contribution in [1.82, 2.24) is 0 Å². The zero-order chi connectivity index (χ0) is 23.4. The van der Waals surface area contributed by atoms with Gasteiger partial charge in [-0.1, -0.05) is 28.9 Å². The fourth-order valence-corrected chi connectivity index (χ4v) is 2.70. The highest BCUT2D eigenvalue weighted by molar-refractivity contribution is 6.32. The molecule has 0 radical (unpaired) electrons. The first-order valence-electron chi connectivity index (χ1n) is 8.21. The molecule has 0 heterocycles. The summed E-state index contributed by atoms with van der Waals surface area (Å²) in [4.78, 5) is 21.8. The Morgan fingerprint density at radius 2 is 1.90 bits per heavy atom. The summed E-state index contributed by atoms with van der Waals surface area (Å²) >= 11 is 5.85. The van der Waals surface area contributed by atoms with Crippen LogP contribution in [-0.4, -0.2) is 34.8 Å². The van der Waals surface area contributed by atoms with Crippen LogP contribution in [0.25, 0.3) is 0 Å². The number of benzene rings is 2. The first-order valence-corrected chi connectivity index (χ1v) is 8.59. The Morgan fingerprint density at radius 1 is 1.23 bits per heavy atom. The van der Waals surface area contributed by atoms with Gasteiger partial charge < -0.3 is 14.7 Å². The van der Waals surface area contributed by atoms with E-state index in [1.807, 2.05) is 0 Å². The average Bonchev–Trinajstić information content (AvgIpc) is 2.68. The van der Waals surface area contributed by atoms with Gasteiger partial charge in [0.25, 0.3) is 0 Å². The monoisotopic (exact) mass is 462 g/mol. The first kappa shape index (κ1) is 23.9. The van der Waals surface area contributed by atoms with Gasteiger partial charge in [0.05, 0.1) is 10.6 Å². The molecule has 0 aliphatic heterocycles. The normalized spacial score (nSPS) is 13.9. The molecule has 31 heavy (non-hydrogen) atoms. The van der Waals surface area contributed by atoms with Crippen molar-refractivity contribution < 1.29 is 42.3 Å². The van der Waals surface area contributed by atoms with Crippen molar-refractivity contribution in [2.45, 2.75) is 19.0 Å². The maximum atomic E-state index is 12.8. The second-order valence-electron chi connectivity index (χ2n) is 5.86. The third-order valence-corrected chi connectivity index (χ3v) is 4.09. The molecule has 2 rings (SSSR count). The van der Waals surface area contributed by atoms with Crippen LogP contribution in [0.3, 0.4) is 0 Å². The lowest BCUT2D eigenvalue weighted by Crippen LogP contribution is -2.52. The molecule has 1 N–H and O–H groups in total. The number of nitrogens with zero attached hydrogens (tertiary/aromatic N) is 2. The number of alkyl halides is 3. The van der Waals surface area contributed by atoms with E-state index < -0.39 is 34.3 Å². The molecule has 166 valence electrons. The molecule has 9 nitrogen and oxygen atoms in total. The van der Waals surface area contributed by atoms with Crippen molar-refractivity contribution in [2.24, 2.45) is 5.16 Å². The predicted molar refractivity (Wildman–Crippen MR) is 99.8 cm³/mol. The highest BCUT2D eigenvalue weighted by Crippen LogP contribution is 2.36. The summed E-state index contributed by atoms with van der Waals surface area (Å²) in [6.45, 7) is 0.887. The van der Waals surface area contributed by atoms with Crippen molar-refractivity contribution in [3.05, 3.63) is 68.7 Å². The van der Waals surface area contributed by atoms with Crippen LogP contribution in [0.15, 0.2) is 47.6 Å². The molecule has 1 unspecified atom stereocenters. The fraction of sp³-hybridized carbons (Fsp3) is 0.222. The van der Waals surface area contributed by atoms with E-state index >= 15 is 0 Å². The summed E-state index contributed by atoms with van der Waals surface area (Å²) in [5.41, 5.74) is -1.92. The zero-order valence-electron chi connectivity index (χ0n) is 15.8. The molecule has 2 aromatic rings. The smallest absolute Gasteiger partial charge is 0.456 e. The minimum atomic E-state index is -4.60. The summed E-state index contributed by atoms with van der Waals surface area (Å²) in [5.74, 6) is -4.23. The Hall–Kier alpha value is -3.38. The van der Waals surface area contributed by atoms with Crippen molar-refractivity contribution in [1.29, 1.82) is 0 Å². The lowest BCUT2D eigenvalue weighted by molar-refractivity contribution is -0.654. The van der Waals surface area contributed by atoms with Crippen LogP contribution in [0.4, 0.5) is 13.2 Å². The van der Waals surface area contributed by atoms with Crippen molar-refractivity contribution in [3.8, 4) is 11.5 Å². The van der Waals surface area contributed by atoms with E-state index in [1.54, 1.807) is 0 Å². The lowest BCUT2D eigenvalue weighted by atomic mass is 10.1. The molecule has 13 heteroatoms. The average molecular weight is 463 g/mol. The van der Waals surface area contributed by atoms with Gasteiger partial charge in [-0.3, -0.25) is 19.6 Å². The van der Waals surface area contributed by atoms with E-state index in [0.717, 1.165) is 32.2 Å². The number of rotatable bonds is 7. The third-order valence-electron chi connectivity index (χ3n) is 3.79. The quantitative estimate of drug-likeness (QED) is 0.161. The van der Waals surface area contributed by atoms with E-state index in [1.165, 1.54) is 18.2 Å². The van der Waals surface area contributed by atoms with Gasteiger partial charge in [-0.15, -0.1) is 0 Å². The second-order valence-corrected chi connectivity index (χ2v) is 6.27. The lowest BCUT2D eigenvalue weighted by Gasteiger charge is -2.22. The van der Waals surface area contributed by atoms with E-state index in [0.29, 0.717) is 6.07 Å². The highest BCUT2D eigenvalue weighted by atomic mass is 35.5. The summed E-state index contributed by atoms with van der Waals surface area (Å²) in [7, 11) is 0.860. The van der Waals surface area contributed by atoms with Gasteiger partial charge in [0.15, 0.2) is 0 Å². The number of carbonyl (C=O) groups is 1. The molecule has 0 aliphatic rings. The molecule has 2 aromatic carbocycles. The second kappa shape index (κ2) is 9.18. The molecule has 1 atom stereocenters. The standard InChI is InChI=1S/C18H14ClF3N2O7/c1-10(25)31-18(29-2,24(27)28)16(23-26)11-4-3-5-13(8-11)30-15-7-6-12(9-14(15)19)17(20,21)22/h3-9,26H,1-2H3. The molecular weight excluding hydrogens is 449 g/mol. The van der Waals surface area contributed by atoms with E-state index in [2.05, 4.69) is 9.89 Å². The molecule has 0 aromatic heterocycles. The van der Waals surface area contributed by atoms with Crippen LogP contribution in [0.1, 0.15) is 18.1 Å². The number of methoxy groups -OCH3 is 1. The number of ether oxygens (including phenoxy) is 3. The number of oxime groups is 1. The Morgan fingerprint density at radius 3 is 2.39 bits per heavy atom. The minimum Gasteiger partial charge on any atom is -0.456 e. The van der Waals surface area contributed by atoms with E-state index in [-0.39, 0.29) is 22.1 Å². The van der Waals surface area contributed by atoms with Gasteiger partial charge in [0.2, 0.25) is 5.71 Å². The Labute approximate surface area is 177 Å². The number of hydrogen-bond donors (Lipinski definition) is 1. The summed E-state index contributed by atoms with van der Waals surface area (Å²) in [6, 6.07) is 7.52. The van der Waals surface area contributed by atoms with Crippen molar-refractivity contribution >= 4 is 23.3 Å². The molecule has 0 spiro atoms. The number of carbonyl (C=O) groups excluding carboxylic acids is 1. The van der Waals surface area contributed by atoms with Crippen LogP contribution in [-0.2, 0) is 20.4 Å². The predicted octanol–water partition coefficient (Wildman–Crippen LogP) is 4.47. The van der Waals surface area contributed by atoms with Gasteiger partial charge in [-0.05, 0) is 30.3 Å². The minimum absolute atomic E-state index is 0.0310. The molecule has 0 saturated heterocycles. The van der Waals surface area contributed by atoms with E-state index in [9.17, 15) is 33.3 Å². The van der Waals surface area contributed by atoms with Crippen LogP contribution >= 0.6 is 11.6 Å². The van der Waals surface area contributed by atoms with Crippen LogP contribution in [0.2, 0.25) is 5.02 Å². The molecular formula is C18H14ClF3N2O7. The Bertz CT molecular complexity index is 1030. The SMILES string of the molecule is COC(OC(C)=O)(C(=NO)c1cccc(Oc2ccc(C(F)(F)F)cc2Cl)c1)[N+](=O)[O-]. The van der Waals surface area contributed by atoms with Gasteiger partial charge in [-0.25, -0.2) is 0 Å². The zero-order valence-corrected chi connectivity index (χ0v) is 16.6. The van der Waals surface area contributed by atoms with Gasteiger partial charge in [-0.2, -0.15) is 13.2 Å². The highest BCUT2D eigenvalue weighted by Gasteiger charge is 2.55. The molecule has 0 saturated carbocycles. The summed E-state index contributed by atoms with van der Waals surface area (Å²) < 4.78 is 53.2. The first-order chi connectivity index (χ1) is 14.4. The van der Waals surface area contributed by atoms with Gasteiger partial charge >= 0.3 is 18.1 Å². The topological polar surface area (TPSA) is 120 Å². The third kappa shape index (κ3) is 5.22. The Balaban J connectivity index is 2.44. The van der Waals surface area contributed by atoms with Crippen molar-refractivity contribution in [2.75, 3.05) is 7.11 Å². The fourth-order valence-electron chi connectivity index (χ4n) is 2.48. The van der Waals surface area contributed by atoms with Crippen LogP contribution < -0.4 is 4.74 Å². The molecule has 0 amide bonds. The van der Waals surface area contributed by atoms with E-state index in [4.69, 9.17) is 21.1 Å². The largest absolute Gasteiger partial charge is 0.535 e. The van der Waals surface area contributed by atoms with Crippen molar-refractivity contribution in [3.63, 3.8) is 0 Å². The molecule has 0 bridgehead atoms. The number of nitro groups is 1.